The van der Waals surface area contributed by atoms with Gasteiger partial charge in [0, 0.05) is 42.7 Å². The molecule has 4 rings (SSSR count). The molecule has 146 valence electrons. The van der Waals surface area contributed by atoms with Gasteiger partial charge >= 0.3 is 0 Å². The predicted octanol–water partition coefficient (Wildman–Crippen LogP) is 3.23. The van der Waals surface area contributed by atoms with E-state index in [0.29, 0.717) is 50.3 Å². The Labute approximate surface area is 164 Å². The van der Waals surface area contributed by atoms with E-state index in [9.17, 15) is 9.59 Å². The molecular formula is C22H24N2O4. The lowest BCUT2D eigenvalue weighted by Crippen LogP contribution is -2.47. The SMILES string of the molecule is Cc1ccccc1NC(=O)c1cccc(C(=O)N2CCC3(CC2)OCCO3)c1. The second-order valence-corrected chi connectivity index (χ2v) is 7.25. The molecule has 2 aromatic rings. The van der Waals surface area contributed by atoms with Gasteiger partial charge in [-0.3, -0.25) is 9.59 Å². The number of piperidine rings is 1. The number of amides is 2. The molecule has 1 spiro atoms. The molecule has 0 saturated carbocycles. The molecule has 2 aromatic carbocycles. The highest BCUT2D eigenvalue weighted by molar-refractivity contribution is 6.06. The standard InChI is InChI=1S/C22H24N2O4/c1-16-5-2-3-8-19(16)23-20(25)17-6-4-7-18(15-17)21(26)24-11-9-22(10-12-24)27-13-14-28-22/h2-8,15H,9-14H2,1H3,(H,23,25). The van der Waals surface area contributed by atoms with E-state index in [1.165, 1.54) is 0 Å². The van der Waals surface area contributed by atoms with Crippen LogP contribution in [-0.2, 0) is 9.47 Å². The highest BCUT2D eigenvalue weighted by Gasteiger charge is 2.40. The van der Waals surface area contributed by atoms with E-state index in [0.717, 1.165) is 11.3 Å². The fourth-order valence-electron chi connectivity index (χ4n) is 3.72. The number of aryl methyl sites for hydroxylation is 1. The molecule has 1 N–H and O–H groups in total. The lowest BCUT2D eigenvalue weighted by molar-refractivity contribution is -0.181. The first-order valence-corrected chi connectivity index (χ1v) is 9.61. The van der Waals surface area contributed by atoms with Crippen LogP contribution in [0.25, 0.3) is 0 Å². The minimum absolute atomic E-state index is 0.0709. The summed E-state index contributed by atoms with van der Waals surface area (Å²) in [6, 6.07) is 14.5. The molecule has 0 unspecified atom stereocenters. The Balaban J connectivity index is 1.44. The summed E-state index contributed by atoms with van der Waals surface area (Å²) in [7, 11) is 0. The zero-order chi connectivity index (χ0) is 19.6. The summed E-state index contributed by atoms with van der Waals surface area (Å²) in [5.41, 5.74) is 2.73. The molecule has 2 aliphatic heterocycles. The Kier molecular flexibility index (Phi) is 5.15. The van der Waals surface area contributed by atoms with Gasteiger partial charge in [0.15, 0.2) is 5.79 Å². The first-order valence-electron chi connectivity index (χ1n) is 9.61. The maximum absolute atomic E-state index is 12.9. The van der Waals surface area contributed by atoms with Gasteiger partial charge in [0.1, 0.15) is 0 Å². The number of hydrogen-bond acceptors (Lipinski definition) is 4. The number of benzene rings is 2. The molecule has 0 aromatic heterocycles. The van der Waals surface area contributed by atoms with Crippen molar-refractivity contribution in [2.45, 2.75) is 25.6 Å². The minimum Gasteiger partial charge on any atom is -0.347 e. The number of carbonyl (C=O) groups is 2. The van der Waals surface area contributed by atoms with Crippen LogP contribution in [0.15, 0.2) is 48.5 Å². The average molecular weight is 380 g/mol. The number of nitrogens with one attached hydrogen (secondary N) is 1. The zero-order valence-corrected chi connectivity index (χ0v) is 15.9. The van der Waals surface area contributed by atoms with Crippen LogP contribution in [0.5, 0.6) is 0 Å². The number of anilines is 1. The molecule has 0 atom stereocenters. The molecule has 2 heterocycles. The molecule has 0 radical (unpaired) electrons. The van der Waals surface area contributed by atoms with Crippen molar-refractivity contribution in [3.05, 3.63) is 65.2 Å². The van der Waals surface area contributed by atoms with E-state index in [-0.39, 0.29) is 11.8 Å². The summed E-state index contributed by atoms with van der Waals surface area (Å²) in [5.74, 6) is -0.806. The number of hydrogen-bond donors (Lipinski definition) is 1. The molecule has 2 fully saturated rings. The molecule has 6 heteroatoms. The van der Waals surface area contributed by atoms with Crippen LogP contribution in [0.2, 0.25) is 0 Å². The van der Waals surface area contributed by atoms with Gasteiger partial charge in [-0.15, -0.1) is 0 Å². The van der Waals surface area contributed by atoms with E-state index in [1.54, 1.807) is 29.2 Å². The molecule has 2 amide bonds. The van der Waals surface area contributed by atoms with Crippen molar-refractivity contribution in [1.29, 1.82) is 0 Å². The summed E-state index contributed by atoms with van der Waals surface area (Å²) in [6.45, 7) is 4.34. The highest BCUT2D eigenvalue weighted by atomic mass is 16.7. The lowest BCUT2D eigenvalue weighted by Gasteiger charge is -2.37. The molecule has 0 aliphatic carbocycles. The highest BCUT2D eigenvalue weighted by Crippen LogP contribution is 2.31. The van der Waals surface area contributed by atoms with Gasteiger partial charge in [0.25, 0.3) is 11.8 Å². The molecule has 2 saturated heterocycles. The van der Waals surface area contributed by atoms with Crippen molar-refractivity contribution >= 4 is 17.5 Å². The fourth-order valence-corrected chi connectivity index (χ4v) is 3.72. The van der Waals surface area contributed by atoms with E-state index < -0.39 is 5.79 Å². The van der Waals surface area contributed by atoms with Gasteiger partial charge in [-0.2, -0.15) is 0 Å². The Bertz CT molecular complexity index is 880. The van der Waals surface area contributed by atoms with Crippen LogP contribution in [-0.4, -0.2) is 48.8 Å². The van der Waals surface area contributed by atoms with Crippen molar-refractivity contribution in [1.82, 2.24) is 4.90 Å². The predicted molar refractivity (Wildman–Crippen MR) is 105 cm³/mol. The average Bonchev–Trinajstić information content (AvgIpc) is 3.18. The van der Waals surface area contributed by atoms with E-state index >= 15 is 0 Å². The maximum Gasteiger partial charge on any atom is 0.255 e. The third-order valence-corrected chi connectivity index (χ3v) is 5.39. The first kappa shape index (κ1) is 18.7. The number of ether oxygens (including phenoxy) is 2. The van der Waals surface area contributed by atoms with Crippen LogP contribution in [0.4, 0.5) is 5.69 Å². The first-order chi connectivity index (χ1) is 13.6. The van der Waals surface area contributed by atoms with Gasteiger partial charge in [-0.05, 0) is 36.8 Å². The summed E-state index contributed by atoms with van der Waals surface area (Å²) in [4.78, 5) is 27.3. The van der Waals surface area contributed by atoms with Gasteiger partial charge in [0.05, 0.1) is 13.2 Å². The summed E-state index contributed by atoms with van der Waals surface area (Å²) in [6.07, 6.45) is 1.35. The number of rotatable bonds is 3. The third-order valence-electron chi connectivity index (χ3n) is 5.39. The fraction of sp³-hybridized carbons (Fsp3) is 0.364. The summed E-state index contributed by atoms with van der Waals surface area (Å²) in [5, 5.41) is 2.91. The monoisotopic (exact) mass is 380 g/mol. The second kappa shape index (κ2) is 7.73. The van der Waals surface area contributed by atoms with Crippen molar-refractivity contribution < 1.29 is 19.1 Å². The molecule has 0 bridgehead atoms. The van der Waals surface area contributed by atoms with Crippen LogP contribution >= 0.6 is 0 Å². The molecular weight excluding hydrogens is 356 g/mol. The number of nitrogens with zero attached hydrogens (tertiary/aromatic N) is 1. The second-order valence-electron chi connectivity index (χ2n) is 7.25. The molecule has 28 heavy (non-hydrogen) atoms. The Morgan fingerprint density at radius 1 is 0.964 bits per heavy atom. The summed E-state index contributed by atoms with van der Waals surface area (Å²) >= 11 is 0. The Hall–Kier alpha value is -2.70. The van der Waals surface area contributed by atoms with E-state index in [2.05, 4.69) is 5.32 Å². The maximum atomic E-state index is 12.9. The van der Waals surface area contributed by atoms with Crippen molar-refractivity contribution in [2.24, 2.45) is 0 Å². The quantitative estimate of drug-likeness (QED) is 0.888. The van der Waals surface area contributed by atoms with Crippen LogP contribution in [0.3, 0.4) is 0 Å². The molecule has 6 nitrogen and oxygen atoms in total. The van der Waals surface area contributed by atoms with Crippen LogP contribution in [0, 0.1) is 6.92 Å². The van der Waals surface area contributed by atoms with Crippen molar-refractivity contribution in [3.63, 3.8) is 0 Å². The minimum atomic E-state index is -0.508. The van der Waals surface area contributed by atoms with Crippen LogP contribution in [0.1, 0.15) is 39.1 Å². The largest absolute Gasteiger partial charge is 0.347 e. The van der Waals surface area contributed by atoms with Gasteiger partial charge < -0.3 is 19.7 Å². The lowest BCUT2D eigenvalue weighted by atomic mass is 10.0. The van der Waals surface area contributed by atoms with Gasteiger partial charge in [-0.1, -0.05) is 24.3 Å². The number of para-hydroxylation sites is 1. The van der Waals surface area contributed by atoms with E-state index in [1.807, 2.05) is 31.2 Å². The number of carbonyl (C=O) groups excluding carboxylic acids is 2. The zero-order valence-electron chi connectivity index (χ0n) is 15.9. The van der Waals surface area contributed by atoms with Gasteiger partial charge in [-0.25, -0.2) is 0 Å². The smallest absolute Gasteiger partial charge is 0.255 e. The third kappa shape index (κ3) is 3.79. The Morgan fingerprint density at radius 3 is 2.36 bits per heavy atom. The van der Waals surface area contributed by atoms with Gasteiger partial charge in [0.2, 0.25) is 0 Å². The topological polar surface area (TPSA) is 67.9 Å². The summed E-state index contributed by atoms with van der Waals surface area (Å²) < 4.78 is 11.4. The van der Waals surface area contributed by atoms with Crippen LogP contribution < -0.4 is 5.32 Å². The normalized spacial score (nSPS) is 18.2. The van der Waals surface area contributed by atoms with Crippen molar-refractivity contribution in [2.75, 3.05) is 31.6 Å². The van der Waals surface area contributed by atoms with E-state index in [4.69, 9.17) is 9.47 Å². The number of likely N-dealkylation sites (tertiary alicyclic amines) is 1. The Morgan fingerprint density at radius 2 is 1.64 bits per heavy atom. The molecule has 2 aliphatic rings. The van der Waals surface area contributed by atoms with Crippen molar-refractivity contribution in [3.8, 4) is 0 Å².